The summed E-state index contributed by atoms with van der Waals surface area (Å²) in [6, 6.07) is 8.29. The van der Waals surface area contributed by atoms with Gasteiger partial charge < -0.3 is 10.3 Å². The summed E-state index contributed by atoms with van der Waals surface area (Å²) >= 11 is 0. The summed E-state index contributed by atoms with van der Waals surface area (Å²) in [7, 11) is 0. The Morgan fingerprint density at radius 1 is 1.14 bits per heavy atom. The number of carbonyl (C=O) groups is 4. The summed E-state index contributed by atoms with van der Waals surface area (Å²) in [5.74, 6) is -1.02. The first-order valence-corrected chi connectivity index (χ1v) is 9.15. The Hall–Kier alpha value is -3.22. The molecular formula is C21H23N3O4. The molecule has 3 rings (SSSR count). The van der Waals surface area contributed by atoms with Gasteiger partial charge in [-0.3, -0.25) is 19.3 Å². The van der Waals surface area contributed by atoms with Gasteiger partial charge in [0.15, 0.2) is 11.6 Å². The largest absolute Gasteiger partial charge is 0.355 e. The maximum absolute atomic E-state index is 13.0. The summed E-state index contributed by atoms with van der Waals surface area (Å²) in [4.78, 5) is 54.1. The van der Waals surface area contributed by atoms with Crippen LogP contribution in [-0.2, 0) is 16.8 Å². The topological polar surface area (TPSA) is 99.3 Å². The smallest absolute Gasteiger partial charge is 0.325 e. The molecule has 1 atom stereocenters. The van der Waals surface area contributed by atoms with E-state index in [0.717, 1.165) is 4.90 Å². The molecule has 0 aliphatic carbocycles. The van der Waals surface area contributed by atoms with E-state index in [1.165, 1.54) is 6.92 Å². The molecule has 2 aromatic rings. The van der Waals surface area contributed by atoms with Gasteiger partial charge in [0.1, 0.15) is 5.54 Å². The summed E-state index contributed by atoms with van der Waals surface area (Å²) in [5.41, 5.74) is 1.43. The number of hydrogen-bond donors (Lipinski definition) is 2. The number of imide groups is 1. The Morgan fingerprint density at radius 3 is 2.36 bits per heavy atom. The molecule has 1 aromatic heterocycles. The fourth-order valence-corrected chi connectivity index (χ4v) is 3.78. The van der Waals surface area contributed by atoms with Crippen LogP contribution in [0.15, 0.2) is 30.3 Å². The van der Waals surface area contributed by atoms with Crippen LogP contribution in [-0.4, -0.2) is 39.9 Å². The Labute approximate surface area is 163 Å². The van der Waals surface area contributed by atoms with E-state index in [0.29, 0.717) is 28.8 Å². The van der Waals surface area contributed by atoms with Gasteiger partial charge in [-0.05, 0) is 38.3 Å². The molecule has 1 aliphatic heterocycles. The van der Waals surface area contributed by atoms with Crippen LogP contribution in [0, 0.1) is 6.92 Å². The fourth-order valence-electron chi connectivity index (χ4n) is 3.78. The molecule has 3 amide bonds. The first-order chi connectivity index (χ1) is 13.2. The molecule has 1 aromatic carbocycles. The highest BCUT2D eigenvalue weighted by molar-refractivity contribution is 6.12. The quantitative estimate of drug-likeness (QED) is 0.594. The van der Waals surface area contributed by atoms with Gasteiger partial charge >= 0.3 is 6.03 Å². The van der Waals surface area contributed by atoms with Crippen LogP contribution in [0.4, 0.5) is 4.79 Å². The van der Waals surface area contributed by atoms with Gasteiger partial charge in [-0.1, -0.05) is 37.3 Å². The first-order valence-electron chi connectivity index (χ1n) is 9.15. The molecule has 2 heterocycles. The molecular weight excluding hydrogens is 358 g/mol. The molecule has 1 aliphatic rings. The molecule has 28 heavy (non-hydrogen) atoms. The minimum absolute atomic E-state index is 0.128. The number of carbonyl (C=O) groups excluding carboxylic acids is 4. The van der Waals surface area contributed by atoms with Crippen LogP contribution in [0.1, 0.15) is 58.4 Å². The van der Waals surface area contributed by atoms with Crippen molar-refractivity contribution in [3.8, 4) is 0 Å². The molecule has 0 saturated carbocycles. The molecule has 1 unspecified atom stereocenters. The van der Waals surface area contributed by atoms with Gasteiger partial charge in [0.25, 0.3) is 5.91 Å². The molecule has 2 N–H and O–H groups in total. The van der Waals surface area contributed by atoms with Gasteiger partial charge in [0.05, 0.1) is 12.2 Å². The average molecular weight is 381 g/mol. The lowest BCUT2D eigenvalue weighted by molar-refractivity contribution is -0.130. The molecule has 7 nitrogen and oxygen atoms in total. The van der Waals surface area contributed by atoms with E-state index in [2.05, 4.69) is 10.3 Å². The van der Waals surface area contributed by atoms with Gasteiger partial charge in [0.2, 0.25) is 0 Å². The van der Waals surface area contributed by atoms with Crippen molar-refractivity contribution in [1.82, 2.24) is 15.2 Å². The number of urea groups is 1. The number of rotatable bonds is 6. The molecule has 146 valence electrons. The van der Waals surface area contributed by atoms with Gasteiger partial charge in [-0.2, -0.15) is 0 Å². The predicted molar refractivity (Wildman–Crippen MR) is 103 cm³/mol. The van der Waals surface area contributed by atoms with E-state index in [1.54, 1.807) is 38.1 Å². The maximum atomic E-state index is 13.0. The van der Waals surface area contributed by atoms with Gasteiger partial charge in [-0.25, -0.2) is 4.79 Å². The van der Waals surface area contributed by atoms with Crippen LogP contribution in [0.2, 0.25) is 0 Å². The molecule has 1 fully saturated rings. The number of hydrogen-bond acceptors (Lipinski definition) is 4. The molecule has 1 saturated heterocycles. The van der Waals surface area contributed by atoms with Crippen molar-refractivity contribution in [3.63, 3.8) is 0 Å². The number of benzene rings is 1. The molecule has 7 heteroatoms. The number of aryl methyl sites for hydroxylation is 1. The van der Waals surface area contributed by atoms with E-state index >= 15 is 0 Å². The summed E-state index contributed by atoms with van der Waals surface area (Å²) < 4.78 is 0. The van der Waals surface area contributed by atoms with Crippen molar-refractivity contribution in [1.29, 1.82) is 0 Å². The van der Waals surface area contributed by atoms with E-state index < -0.39 is 29.8 Å². The number of aromatic amines is 1. The van der Waals surface area contributed by atoms with E-state index in [-0.39, 0.29) is 11.5 Å². The van der Waals surface area contributed by atoms with E-state index in [1.807, 2.05) is 13.0 Å². The van der Waals surface area contributed by atoms with Gasteiger partial charge in [0, 0.05) is 11.3 Å². The second-order valence-electron chi connectivity index (χ2n) is 7.12. The van der Waals surface area contributed by atoms with E-state index in [9.17, 15) is 19.2 Å². The van der Waals surface area contributed by atoms with Crippen LogP contribution in [0.5, 0.6) is 0 Å². The van der Waals surface area contributed by atoms with Crippen LogP contribution >= 0.6 is 0 Å². The predicted octanol–water partition coefficient (Wildman–Crippen LogP) is 2.74. The Balaban J connectivity index is 1.90. The fraction of sp³-hybridized carbons (Fsp3) is 0.333. The maximum Gasteiger partial charge on any atom is 0.325 e. The zero-order valence-corrected chi connectivity index (χ0v) is 16.4. The van der Waals surface area contributed by atoms with Crippen molar-refractivity contribution in [2.75, 3.05) is 6.54 Å². The lowest BCUT2D eigenvalue weighted by Crippen LogP contribution is -2.41. The molecule has 0 radical (unpaired) electrons. The number of nitrogens with one attached hydrogen (secondary N) is 2. The van der Waals surface area contributed by atoms with Crippen molar-refractivity contribution in [2.45, 2.75) is 39.7 Å². The standard InChI is InChI=1S/C21H23N3O4/c1-5-15-17(13(3)25)12(2)22-18(15)16(26)11-24-19(27)21(4,23-20(24)28)14-9-7-6-8-10-14/h6-10,22H,5,11H2,1-4H3,(H,23,28). The number of ketones is 2. The average Bonchev–Trinajstić information content (AvgIpc) is 3.12. The van der Waals surface area contributed by atoms with Crippen LogP contribution in [0.25, 0.3) is 0 Å². The minimum Gasteiger partial charge on any atom is -0.355 e. The Bertz CT molecular complexity index is 977. The minimum atomic E-state index is -1.22. The van der Waals surface area contributed by atoms with E-state index in [4.69, 9.17) is 0 Å². The lowest BCUT2D eigenvalue weighted by Gasteiger charge is -2.22. The summed E-state index contributed by atoms with van der Waals surface area (Å²) in [6.45, 7) is 6.26. The molecule has 0 bridgehead atoms. The Morgan fingerprint density at radius 2 is 1.79 bits per heavy atom. The second kappa shape index (κ2) is 7.07. The number of Topliss-reactive ketones (excluding diaryl/α,β-unsaturated/α-hetero) is 2. The zero-order chi connectivity index (χ0) is 20.6. The number of nitrogens with zero attached hydrogens (tertiary/aromatic N) is 1. The van der Waals surface area contributed by atoms with Crippen molar-refractivity contribution in [3.05, 3.63) is 58.4 Å². The number of aromatic nitrogens is 1. The third-order valence-electron chi connectivity index (χ3n) is 5.20. The monoisotopic (exact) mass is 381 g/mol. The zero-order valence-electron chi connectivity index (χ0n) is 16.4. The third-order valence-corrected chi connectivity index (χ3v) is 5.20. The lowest BCUT2D eigenvalue weighted by atomic mass is 9.92. The second-order valence-corrected chi connectivity index (χ2v) is 7.12. The van der Waals surface area contributed by atoms with Gasteiger partial charge in [-0.15, -0.1) is 0 Å². The SMILES string of the molecule is CCc1c(C(=O)CN2C(=O)NC(C)(c3ccccc3)C2=O)[nH]c(C)c1C(C)=O. The summed E-state index contributed by atoms with van der Waals surface area (Å²) in [5, 5.41) is 2.69. The highest BCUT2D eigenvalue weighted by atomic mass is 16.2. The number of amides is 3. The number of H-pyrrole nitrogens is 1. The van der Waals surface area contributed by atoms with Crippen molar-refractivity contribution in [2.24, 2.45) is 0 Å². The first kappa shape index (κ1) is 19.5. The van der Waals surface area contributed by atoms with Crippen LogP contribution in [0.3, 0.4) is 0 Å². The highest BCUT2D eigenvalue weighted by Gasteiger charge is 2.49. The molecule has 0 spiro atoms. The third kappa shape index (κ3) is 3.02. The summed E-state index contributed by atoms with van der Waals surface area (Å²) in [6.07, 6.45) is 0.488. The normalized spacial score (nSPS) is 19.1. The van der Waals surface area contributed by atoms with Crippen molar-refractivity contribution >= 4 is 23.5 Å². The Kier molecular flexibility index (Phi) is 4.93. The van der Waals surface area contributed by atoms with Crippen molar-refractivity contribution < 1.29 is 19.2 Å². The highest BCUT2D eigenvalue weighted by Crippen LogP contribution is 2.29. The van der Waals surface area contributed by atoms with Crippen LogP contribution < -0.4 is 5.32 Å².